The van der Waals surface area contributed by atoms with Gasteiger partial charge in [0.1, 0.15) is 5.15 Å². The molecule has 3 heteroatoms. The molecule has 0 N–H and O–H groups in total. The van der Waals surface area contributed by atoms with Crippen LogP contribution in [0.4, 0.5) is 0 Å². The monoisotopic (exact) mass is 196 g/mol. The number of aryl methyl sites for hydroxylation is 2. The third-order valence-electron chi connectivity index (χ3n) is 2.14. The highest BCUT2D eigenvalue weighted by Crippen LogP contribution is 2.31. The van der Waals surface area contributed by atoms with E-state index < -0.39 is 0 Å². The van der Waals surface area contributed by atoms with Crippen LogP contribution >= 0.6 is 11.6 Å². The second-order valence-corrected chi connectivity index (χ2v) is 4.00. The fraction of sp³-hybridized carbons (Fsp3) is 0.500. The molecule has 0 amide bonds. The topological polar surface area (TPSA) is 17.8 Å². The summed E-state index contributed by atoms with van der Waals surface area (Å²) in [6.45, 7) is 5.84. The fourth-order valence-corrected chi connectivity index (χ4v) is 1.82. The number of nitrogens with zero attached hydrogens (tertiary/aromatic N) is 2. The van der Waals surface area contributed by atoms with Gasteiger partial charge in [0.25, 0.3) is 0 Å². The van der Waals surface area contributed by atoms with Gasteiger partial charge in [0.2, 0.25) is 0 Å². The van der Waals surface area contributed by atoms with Gasteiger partial charge in [0, 0.05) is 12.6 Å². The summed E-state index contributed by atoms with van der Waals surface area (Å²) in [5.41, 5.74) is 1.49. The molecular formula is C10H13ClN2. The van der Waals surface area contributed by atoms with Crippen molar-refractivity contribution in [2.24, 2.45) is 7.05 Å². The molecule has 0 aliphatic carbocycles. The van der Waals surface area contributed by atoms with Crippen molar-refractivity contribution in [3.8, 4) is 12.3 Å². The van der Waals surface area contributed by atoms with E-state index in [1.807, 2.05) is 27.8 Å². The Labute approximate surface area is 83.9 Å². The van der Waals surface area contributed by atoms with Gasteiger partial charge in [-0.3, -0.25) is 4.68 Å². The van der Waals surface area contributed by atoms with E-state index in [1.54, 1.807) is 4.68 Å². The van der Waals surface area contributed by atoms with Crippen molar-refractivity contribution in [1.82, 2.24) is 9.78 Å². The molecule has 0 fully saturated rings. The Hall–Kier alpha value is -0.940. The van der Waals surface area contributed by atoms with Crippen molar-refractivity contribution < 1.29 is 0 Å². The summed E-state index contributed by atoms with van der Waals surface area (Å²) in [4.78, 5) is 0. The summed E-state index contributed by atoms with van der Waals surface area (Å²) in [5, 5.41) is 4.84. The first kappa shape index (κ1) is 10.1. The van der Waals surface area contributed by atoms with Crippen molar-refractivity contribution in [2.75, 3.05) is 0 Å². The third kappa shape index (κ3) is 1.57. The van der Waals surface area contributed by atoms with Gasteiger partial charge in [-0.05, 0) is 20.8 Å². The largest absolute Gasteiger partial charge is 0.256 e. The standard InChI is InChI=1S/C10H13ClN2/c1-6-10(3,4)8-7(2)12-13(5)9(8)11/h1H,2-5H3. The maximum atomic E-state index is 6.08. The van der Waals surface area contributed by atoms with E-state index in [0.29, 0.717) is 5.15 Å². The lowest BCUT2D eigenvalue weighted by atomic mass is 9.86. The van der Waals surface area contributed by atoms with Crippen LogP contribution in [0.15, 0.2) is 0 Å². The normalized spacial score (nSPS) is 11.4. The quantitative estimate of drug-likeness (QED) is 0.631. The van der Waals surface area contributed by atoms with Crippen LogP contribution in [0, 0.1) is 19.3 Å². The van der Waals surface area contributed by atoms with Crippen LogP contribution in [0.3, 0.4) is 0 Å². The molecule has 0 aliphatic heterocycles. The second kappa shape index (κ2) is 3.08. The summed E-state index contributed by atoms with van der Waals surface area (Å²) in [7, 11) is 1.81. The minimum absolute atomic E-state index is 0.352. The molecule has 13 heavy (non-hydrogen) atoms. The zero-order valence-electron chi connectivity index (χ0n) is 8.35. The van der Waals surface area contributed by atoms with Crippen LogP contribution in [-0.2, 0) is 12.5 Å². The Kier molecular flexibility index (Phi) is 2.40. The Morgan fingerprint density at radius 3 is 2.38 bits per heavy atom. The zero-order valence-corrected chi connectivity index (χ0v) is 9.11. The van der Waals surface area contributed by atoms with Crippen LogP contribution in [0.5, 0.6) is 0 Å². The molecule has 70 valence electrons. The van der Waals surface area contributed by atoms with E-state index in [-0.39, 0.29) is 5.41 Å². The molecule has 0 radical (unpaired) electrons. The first-order chi connectivity index (χ1) is 5.90. The molecule has 1 heterocycles. The molecule has 0 bridgehead atoms. The zero-order chi connectivity index (χ0) is 10.2. The average molecular weight is 197 g/mol. The molecular weight excluding hydrogens is 184 g/mol. The van der Waals surface area contributed by atoms with E-state index in [4.69, 9.17) is 18.0 Å². The highest BCUT2D eigenvalue weighted by molar-refractivity contribution is 6.30. The first-order valence-corrected chi connectivity index (χ1v) is 4.45. The van der Waals surface area contributed by atoms with Crippen LogP contribution in [0.1, 0.15) is 25.1 Å². The van der Waals surface area contributed by atoms with Gasteiger partial charge in [-0.15, -0.1) is 6.42 Å². The third-order valence-corrected chi connectivity index (χ3v) is 2.57. The number of halogens is 1. The summed E-state index contributed by atoms with van der Waals surface area (Å²) in [6.07, 6.45) is 5.44. The van der Waals surface area contributed by atoms with Gasteiger partial charge in [-0.25, -0.2) is 0 Å². The van der Waals surface area contributed by atoms with Crippen molar-refractivity contribution in [1.29, 1.82) is 0 Å². The van der Waals surface area contributed by atoms with Gasteiger partial charge in [-0.1, -0.05) is 17.5 Å². The van der Waals surface area contributed by atoms with Crippen LogP contribution in [0.2, 0.25) is 5.15 Å². The maximum Gasteiger partial charge on any atom is 0.131 e. The Morgan fingerprint density at radius 1 is 1.54 bits per heavy atom. The van der Waals surface area contributed by atoms with Gasteiger partial charge >= 0.3 is 0 Å². The Morgan fingerprint density at radius 2 is 2.08 bits per heavy atom. The molecule has 2 nitrogen and oxygen atoms in total. The number of aromatic nitrogens is 2. The predicted molar refractivity (Wildman–Crippen MR) is 54.8 cm³/mol. The summed E-state index contributed by atoms with van der Waals surface area (Å²) >= 11 is 6.08. The Bertz CT molecular complexity index is 369. The van der Waals surface area contributed by atoms with Gasteiger partial charge in [0.05, 0.1) is 11.1 Å². The lowest BCUT2D eigenvalue weighted by Gasteiger charge is -2.17. The highest BCUT2D eigenvalue weighted by Gasteiger charge is 2.26. The molecule has 1 rings (SSSR count). The molecule has 0 aliphatic rings. The van der Waals surface area contributed by atoms with Crippen molar-refractivity contribution >= 4 is 11.6 Å². The summed E-state index contributed by atoms with van der Waals surface area (Å²) in [5.74, 6) is 2.71. The molecule has 0 atom stereocenters. The van der Waals surface area contributed by atoms with Gasteiger partial charge in [0.15, 0.2) is 0 Å². The molecule has 0 saturated carbocycles. The van der Waals surface area contributed by atoms with Crippen molar-refractivity contribution in [3.63, 3.8) is 0 Å². The molecule has 0 spiro atoms. The summed E-state index contributed by atoms with van der Waals surface area (Å²) < 4.78 is 1.64. The second-order valence-electron chi connectivity index (χ2n) is 3.64. The maximum absolute atomic E-state index is 6.08. The SMILES string of the molecule is C#CC(C)(C)c1c(C)nn(C)c1Cl. The average Bonchev–Trinajstić information content (AvgIpc) is 2.27. The smallest absolute Gasteiger partial charge is 0.131 e. The van der Waals surface area contributed by atoms with E-state index in [9.17, 15) is 0 Å². The van der Waals surface area contributed by atoms with Crippen LogP contribution < -0.4 is 0 Å². The molecule has 1 aromatic heterocycles. The first-order valence-electron chi connectivity index (χ1n) is 4.07. The minimum Gasteiger partial charge on any atom is -0.256 e. The Balaban J connectivity index is 3.39. The number of hydrogen-bond acceptors (Lipinski definition) is 1. The van der Waals surface area contributed by atoms with E-state index in [0.717, 1.165) is 11.3 Å². The lowest BCUT2D eigenvalue weighted by Crippen LogP contribution is -2.15. The predicted octanol–water partition coefficient (Wildman–Crippen LogP) is 2.29. The van der Waals surface area contributed by atoms with Gasteiger partial charge < -0.3 is 0 Å². The van der Waals surface area contributed by atoms with Crippen molar-refractivity contribution in [3.05, 3.63) is 16.4 Å². The lowest BCUT2D eigenvalue weighted by molar-refractivity contribution is 0.692. The fourth-order valence-electron chi connectivity index (χ4n) is 1.41. The number of rotatable bonds is 1. The highest BCUT2D eigenvalue weighted by atomic mass is 35.5. The molecule has 0 unspecified atom stereocenters. The molecule has 0 saturated heterocycles. The summed E-state index contributed by atoms with van der Waals surface area (Å²) in [6, 6.07) is 0. The van der Waals surface area contributed by atoms with Gasteiger partial charge in [-0.2, -0.15) is 5.10 Å². The molecule has 0 aromatic carbocycles. The van der Waals surface area contributed by atoms with Crippen LogP contribution in [-0.4, -0.2) is 9.78 Å². The van der Waals surface area contributed by atoms with E-state index in [2.05, 4.69) is 11.0 Å². The van der Waals surface area contributed by atoms with Crippen molar-refractivity contribution in [2.45, 2.75) is 26.2 Å². The number of hydrogen-bond donors (Lipinski definition) is 0. The van der Waals surface area contributed by atoms with E-state index >= 15 is 0 Å². The molecule has 1 aromatic rings. The number of terminal acetylenes is 1. The van der Waals surface area contributed by atoms with Crippen LogP contribution in [0.25, 0.3) is 0 Å². The van der Waals surface area contributed by atoms with E-state index in [1.165, 1.54) is 0 Å². The minimum atomic E-state index is -0.352.